The molecular weight excluding hydrogens is 316 g/mol. The van der Waals surface area contributed by atoms with E-state index in [0.717, 1.165) is 12.8 Å². The number of ether oxygens (including phenoxy) is 1. The van der Waals surface area contributed by atoms with E-state index in [2.05, 4.69) is 10.6 Å². The Labute approximate surface area is 148 Å². The summed E-state index contributed by atoms with van der Waals surface area (Å²) in [6, 6.07) is 16.7. The molecule has 25 heavy (non-hydrogen) atoms. The highest BCUT2D eigenvalue weighted by atomic mass is 16.5. The quantitative estimate of drug-likeness (QED) is 0.689. The van der Waals surface area contributed by atoms with Crippen molar-refractivity contribution in [3.8, 4) is 0 Å². The summed E-state index contributed by atoms with van der Waals surface area (Å²) < 4.78 is 4.94. The third-order valence-corrected chi connectivity index (χ3v) is 3.76. The molecule has 5 nitrogen and oxygen atoms in total. The second-order valence-electron chi connectivity index (χ2n) is 5.67. The van der Waals surface area contributed by atoms with E-state index in [4.69, 9.17) is 4.74 Å². The maximum absolute atomic E-state index is 12.1. The molecule has 0 unspecified atom stereocenters. The topological polar surface area (TPSA) is 67.4 Å². The standard InChI is InChI=1S/C20H24N2O3/c1-25-15-5-13-21-19(23)17-8-10-18(11-9-17)20(24)22-14-12-16-6-3-2-4-7-16/h2-4,6-11H,5,12-15H2,1H3,(H,21,23)(H,22,24). The van der Waals surface area contributed by atoms with Crippen molar-refractivity contribution in [3.63, 3.8) is 0 Å². The van der Waals surface area contributed by atoms with E-state index in [9.17, 15) is 9.59 Å². The summed E-state index contributed by atoms with van der Waals surface area (Å²) in [5.74, 6) is -0.282. The molecule has 0 saturated carbocycles. The summed E-state index contributed by atoms with van der Waals surface area (Å²) in [4.78, 5) is 24.1. The molecule has 0 aliphatic carbocycles. The number of amides is 2. The molecule has 0 fully saturated rings. The van der Waals surface area contributed by atoms with Crippen molar-refractivity contribution in [3.05, 3.63) is 71.3 Å². The molecule has 0 aliphatic heterocycles. The zero-order valence-electron chi connectivity index (χ0n) is 14.5. The van der Waals surface area contributed by atoms with Gasteiger partial charge < -0.3 is 15.4 Å². The number of rotatable bonds is 9. The first kappa shape index (κ1) is 18.7. The summed E-state index contributed by atoms with van der Waals surface area (Å²) in [6.07, 6.45) is 1.55. The molecule has 0 bridgehead atoms. The van der Waals surface area contributed by atoms with Gasteiger partial charge in [0.2, 0.25) is 0 Å². The molecule has 132 valence electrons. The van der Waals surface area contributed by atoms with Crippen molar-refractivity contribution >= 4 is 11.8 Å². The predicted octanol–water partition coefficient (Wildman–Crippen LogP) is 2.43. The van der Waals surface area contributed by atoms with Gasteiger partial charge in [0.1, 0.15) is 0 Å². The number of carbonyl (C=O) groups is 2. The summed E-state index contributed by atoms with van der Waals surface area (Å²) in [6.45, 7) is 1.75. The first-order valence-corrected chi connectivity index (χ1v) is 8.40. The number of hydrogen-bond acceptors (Lipinski definition) is 3. The fourth-order valence-electron chi connectivity index (χ4n) is 2.36. The normalized spacial score (nSPS) is 10.3. The number of nitrogens with one attached hydrogen (secondary N) is 2. The van der Waals surface area contributed by atoms with Crippen LogP contribution < -0.4 is 10.6 Å². The average molecular weight is 340 g/mol. The van der Waals surface area contributed by atoms with Gasteiger partial charge in [-0.2, -0.15) is 0 Å². The van der Waals surface area contributed by atoms with Gasteiger partial charge in [0, 0.05) is 37.9 Å². The van der Waals surface area contributed by atoms with Crippen LogP contribution in [-0.4, -0.2) is 38.6 Å². The Morgan fingerprint density at radius 1 is 0.840 bits per heavy atom. The highest BCUT2D eigenvalue weighted by Gasteiger charge is 2.08. The summed E-state index contributed by atoms with van der Waals surface area (Å²) in [5, 5.41) is 5.71. The summed E-state index contributed by atoms with van der Waals surface area (Å²) in [5.41, 5.74) is 2.27. The van der Waals surface area contributed by atoms with Gasteiger partial charge in [-0.15, -0.1) is 0 Å². The Balaban J connectivity index is 1.78. The van der Waals surface area contributed by atoms with Crippen LogP contribution in [0.4, 0.5) is 0 Å². The fraction of sp³-hybridized carbons (Fsp3) is 0.300. The molecule has 0 heterocycles. The monoisotopic (exact) mass is 340 g/mol. The molecule has 0 saturated heterocycles. The molecule has 0 atom stereocenters. The van der Waals surface area contributed by atoms with E-state index in [-0.39, 0.29) is 11.8 Å². The van der Waals surface area contributed by atoms with Gasteiger partial charge in [0.05, 0.1) is 0 Å². The lowest BCUT2D eigenvalue weighted by molar-refractivity contribution is 0.0939. The van der Waals surface area contributed by atoms with E-state index in [1.165, 1.54) is 5.56 Å². The van der Waals surface area contributed by atoms with Crippen LogP contribution in [0.1, 0.15) is 32.7 Å². The lowest BCUT2D eigenvalue weighted by Gasteiger charge is -2.07. The third kappa shape index (κ3) is 6.39. The van der Waals surface area contributed by atoms with Crippen LogP contribution >= 0.6 is 0 Å². The Kier molecular flexibility index (Phi) is 7.66. The minimum absolute atomic E-state index is 0.136. The van der Waals surface area contributed by atoms with Crippen molar-refractivity contribution < 1.29 is 14.3 Å². The van der Waals surface area contributed by atoms with E-state index in [1.54, 1.807) is 31.4 Å². The molecular formula is C20H24N2O3. The highest BCUT2D eigenvalue weighted by Crippen LogP contribution is 2.05. The SMILES string of the molecule is COCCCNC(=O)c1ccc(C(=O)NCCc2ccccc2)cc1. The van der Waals surface area contributed by atoms with Gasteiger partial charge in [-0.05, 0) is 42.7 Å². The predicted molar refractivity (Wildman–Crippen MR) is 97.7 cm³/mol. The summed E-state index contributed by atoms with van der Waals surface area (Å²) >= 11 is 0. The van der Waals surface area contributed by atoms with Gasteiger partial charge in [-0.1, -0.05) is 30.3 Å². The lowest BCUT2D eigenvalue weighted by atomic mass is 10.1. The molecule has 2 amide bonds. The van der Waals surface area contributed by atoms with Crippen molar-refractivity contribution in [2.75, 3.05) is 26.8 Å². The van der Waals surface area contributed by atoms with Gasteiger partial charge in [0.25, 0.3) is 11.8 Å². The largest absolute Gasteiger partial charge is 0.385 e. The summed E-state index contributed by atoms with van der Waals surface area (Å²) in [7, 11) is 1.63. The Morgan fingerprint density at radius 3 is 1.96 bits per heavy atom. The Morgan fingerprint density at radius 2 is 1.40 bits per heavy atom. The number of carbonyl (C=O) groups excluding carboxylic acids is 2. The second kappa shape index (κ2) is 10.3. The van der Waals surface area contributed by atoms with Crippen LogP contribution in [0.25, 0.3) is 0 Å². The van der Waals surface area contributed by atoms with Crippen molar-refractivity contribution in [1.29, 1.82) is 0 Å². The fourth-order valence-corrected chi connectivity index (χ4v) is 2.36. The molecule has 2 aromatic rings. The maximum atomic E-state index is 12.1. The molecule has 2 N–H and O–H groups in total. The minimum atomic E-state index is -0.146. The second-order valence-corrected chi connectivity index (χ2v) is 5.67. The van der Waals surface area contributed by atoms with Crippen LogP contribution in [0.3, 0.4) is 0 Å². The van der Waals surface area contributed by atoms with Crippen molar-refractivity contribution in [2.45, 2.75) is 12.8 Å². The van der Waals surface area contributed by atoms with Crippen LogP contribution in [0, 0.1) is 0 Å². The van der Waals surface area contributed by atoms with Crippen LogP contribution in [0.15, 0.2) is 54.6 Å². The maximum Gasteiger partial charge on any atom is 0.251 e. The van der Waals surface area contributed by atoms with Gasteiger partial charge in [-0.25, -0.2) is 0 Å². The van der Waals surface area contributed by atoms with E-state index in [0.29, 0.717) is 30.8 Å². The number of hydrogen-bond donors (Lipinski definition) is 2. The molecule has 5 heteroatoms. The zero-order valence-corrected chi connectivity index (χ0v) is 14.5. The molecule has 0 radical (unpaired) electrons. The number of benzene rings is 2. The first-order valence-electron chi connectivity index (χ1n) is 8.40. The molecule has 2 aromatic carbocycles. The van der Waals surface area contributed by atoms with Crippen molar-refractivity contribution in [1.82, 2.24) is 10.6 Å². The smallest absolute Gasteiger partial charge is 0.251 e. The minimum Gasteiger partial charge on any atom is -0.385 e. The van der Waals surface area contributed by atoms with Gasteiger partial charge in [0.15, 0.2) is 0 Å². The van der Waals surface area contributed by atoms with E-state index in [1.807, 2.05) is 30.3 Å². The average Bonchev–Trinajstić information content (AvgIpc) is 2.66. The van der Waals surface area contributed by atoms with Crippen LogP contribution in [0.5, 0.6) is 0 Å². The van der Waals surface area contributed by atoms with E-state index >= 15 is 0 Å². The first-order chi connectivity index (χ1) is 12.2. The van der Waals surface area contributed by atoms with Crippen LogP contribution in [0.2, 0.25) is 0 Å². The Hall–Kier alpha value is -2.66. The van der Waals surface area contributed by atoms with E-state index < -0.39 is 0 Å². The lowest BCUT2D eigenvalue weighted by Crippen LogP contribution is -2.27. The van der Waals surface area contributed by atoms with Gasteiger partial charge >= 0.3 is 0 Å². The molecule has 0 aromatic heterocycles. The number of methoxy groups -OCH3 is 1. The molecule has 2 rings (SSSR count). The highest BCUT2D eigenvalue weighted by molar-refractivity contribution is 5.97. The molecule has 0 aliphatic rings. The van der Waals surface area contributed by atoms with Gasteiger partial charge in [-0.3, -0.25) is 9.59 Å². The van der Waals surface area contributed by atoms with Crippen LogP contribution in [-0.2, 0) is 11.2 Å². The van der Waals surface area contributed by atoms with Crippen molar-refractivity contribution in [2.24, 2.45) is 0 Å². The third-order valence-electron chi connectivity index (χ3n) is 3.76. The Bertz CT molecular complexity index is 669. The zero-order chi connectivity index (χ0) is 17.9. The molecule has 0 spiro atoms.